The first kappa shape index (κ1) is 33.9. The summed E-state index contributed by atoms with van der Waals surface area (Å²) in [6.07, 6.45) is 1.84. The van der Waals surface area contributed by atoms with Gasteiger partial charge in [-0.3, -0.25) is 9.36 Å². The molecule has 0 bridgehead atoms. The van der Waals surface area contributed by atoms with Gasteiger partial charge in [-0.25, -0.2) is 9.79 Å². The zero-order valence-electron chi connectivity index (χ0n) is 26.2. The average Bonchev–Trinajstić information content (AvgIpc) is 3.41. The van der Waals surface area contributed by atoms with Crippen LogP contribution in [0.5, 0.6) is 17.2 Å². The first-order valence-corrected chi connectivity index (χ1v) is 18.0. The van der Waals surface area contributed by atoms with E-state index >= 15 is 0 Å². The van der Waals surface area contributed by atoms with Gasteiger partial charge in [-0.2, -0.15) is 0 Å². The molecule has 244 valence electrons. The van der Waals surface area contributed by atoms with Gasteiger partial charge in [0.05, 0.1) is 46.2 Å². The van der Waals surface area contributed by atoms with Crippen LogP contribution in [0.4, 0.5) is 0 Å². The topological polar surface area (TPSA) is 88.4 Å². The van der Waals surface area contributed by atoms with Gasteiger partial charge in [-0.1, -0.05) is 78.1 Å². The maximum Gasteiger partial charge on any atom is 0.338 e. The number of benzene rings is 4. The normalized spacial score (nSPS) is 14.3. The predicted octanol–water partition coefficient (Wildman–Crippen LogP) is 6.74. The Labute approximate surface area is 308 Å². The van der Waals surface area contributed by atoms with Gasteiger partial charge in [0.2, 0.25) is 0 Å². The molecule has 5 aromatic rings. The molecule has 0 saturated heterocycles. The molecule has 0 radical (unpaired) electrons. The molecule has 1 aliphatic heterocycles. The first-order valence-electron chi connectivity index (χ1n) is 15.0. The van der Waals surface area contributed by atoms with Crippen molar-refractivity contribution < 1.29 is 23.7 Å². The third-order valence-corrected chi connectivity index (χ3v) is 10.1. The highest BCUT2D eigenvalue weighted by Gasteiger charge is 2.35. The van der Waals surface area contributed by atoms with E-state index < -0.39 is 12.0 Å². The second-order valence-corrected chi connectivity index (χ2v) is 14.0. The summed E-state index contributed by atoms with van der Waals surface area (Å²) in [6, 6.07) is 27.9. The fourth-order valence-electron chi connectivity index (χ4n) is 5.49. The van der Waals surface area contributed by atoms with Crippen molar-refractivity contribution in [3.05, 3.63) is 146 Å². The summed E-state index contributed by atoms with van der Waals surface area (Å²) in [4.78, 5) is 33.8. The summed E-state index contributed by atoms with van der Waals surface area (Å²) in [5.41, 5.74) is 3.57. The number of hydrogen-bond acceptors (Lipinski definition) is 8. The number of hydrogen-bond donors (Lipinski definition) is 0. The van der Waals surface area contributed by atoms with Crippen molar-refractivity contribution in [2.24, 2.45) is 4.99 Å². The van der Waals surface area contributed by atoms with E-state index in [1.54, 1.807) is 37.8 Å². The maximum atomic E-state index is 14.5. The molecule has 0 fully saturated rings. The lowest BCUT2D eigenvalue weighted by atomic mass is 9.93. The van der Waals surface area contributed by atoms with Crippen LogP contribution in [0.15, 0.2) is 106 Å². The van der Waals surface area contributed by atoms with Crippen molar-refractivity contribution in [2.75, 3.05) is 20.8 Å². The van der Waals surface area contributed by atoms with E-state index in [1.807, 2.05) is 84.9 Å². The van der Waals surface area contributed by atoms with Crippen molar-refractivity contribution >= 4 is 74.3 Å². The van der Waals surface area contributed by atoms with Gasteiger partial charge >= 0.3 is 5.97 Å². The van der Waals surface area contributed by atoms with Gasteiger partial charge < -0.3 is 18.9 Å². The molecule has 8 nitrogen and oxygen atoms in total. The monoisotopic (exact) mass is 884 g/mol. The van der Waals surface area contributed by atoms with E-state index in [0.717, 1.165) is 23.8 Å². The van der Waals surface area contributed by atoms with Gasteiger partial charge in [-0.15, -0.1) is 0 Å². The molecule has 4 aromatic carbocycles. The minimum atomic E-state index is -0.859. The lowest BCUT2D eigenvalue weighted by molar-refractivity contribution is -0.138. The predicted molar refractivity (Wildman–Crippen MR) is 203 cm³/mol. The van der Waals surface area contributed by atoms with Crippen LogP contribution in [0, 0.1) is 7.14 Å². The van der Waals surface area contributed by atoms with E-state index in [0.29, 0.717) is 44.4 Å². The van der Waals surface area contributed by atoms with Gasteiger partial charge in [0.15, 0.2) is 16.3 Å². The van der Waals surface area contributed by atoms with Crippen molar-refractivity contribution in [3.8, 4) is 17.2 Å². The number of nitrogens with zero attached hydrogens (tertiary/aromatic N) is 2. The fraction of sp³-hybridized carbons (Fsp3) is 0.162. The van der Waals surface area contributed by atoms with E-state index in [9.17, 15) is 9.59 Å². The summed E-state index contributed by atoms with van der Waals surface area (Å²) >= 11 is 5.79. The summed E-state index contributed by atoms with van der Waals surface area (Å²) in [5, 5.41) is 0. The first-order chi connectivity index (χ1) is 23.3. The highest BCUT2D eigenvalue weighted by Crippen LogP contribution is 2.38. The smallest absolute Gasteiger partial charge is 0.338 e. The molecule has 0 aliphatic carbocycles. The van der Waals surface area contributed by atoms with Crippen LogP contribution >= 0.6 is 56.5 Å². The Kier molecular flexibility index (Phi) is 10.7. The van der Waals surface area contributed by atoms with Crippen LogP contribution in [0.3, 0.4) is 0 Å². The second-order valence-electron chi connectivity index (χ2n) is 10.6. The molecule has 11 heteroatoms. The zero-order valence-corrected chi connectivity index (χ0v) is 31.4. The number of carbonyl (C=O) groups excluding carboxylic acids is 1. The Balaban J connectivity index is 1.59. The Hall–Kier alpha value is -3.95. The van der Waals surface area contributed by atoms with Crippen LogP contribution < -0.4 is 29.1 Å². The SMILES string of the molecule is CCOC(=O)C1=C(c2ccccc2)N=c2s/c(=C\c3cc(I)cc(I)c3OCc3ccccc3)c(=O)n2[C@@H]1c1ccc(OC)c(OC)c1. The number of aromatic nitrogens is 1. The van der Waals surface area contributed by atoms with Crippen molar-refractivity contribution in [1.82, 2.24) is 4.57 Å². The van der Waals surface area contributed by atoms with Gasteiger partial charge in [0, 0.05) is 14.7 Å². The third kappa shape index (κ3) is 6.94. The molecular formula is C37H30I2N2O6S. The van der Waals surface area contributed by atoms with E-state index in [4.69, 9.17) is 23.9 Å². The molecule has 0 spiro atoms. The van der Waals surface area contributed by atoms with Crippen LogP contribution in [0.25, 0.3) is 11.8 Å². The molecule has 2 heterocycles. The molecule has 1 aromatic heterocycles. The molecule has 0 saturated carbocycles. The van der Waals surface area contributed by atoms with E-state index in [1.165, 1.54) is 11.3 Å². The highest BCUT2D eigenvalue weighted by molar-refractivity contribution is 14.1. The number of rotatable bonds is 10. The molecule has 0 unspecified atom stereocenters. The minimum Gasteiger partial charge on any atom is -0.493 e. The fourth-order valence-corrected chi connectivity index (χ4v) is 8.53. The second kappa shape index (κ2) is 15.1. The quantitative estimate of drug-likeness (QED) is 0.114. The Morgan fingerprint density at radius 1 is 0.938 bits per heavy atom. The van der Waals surface area contributed by atoms with Gasteiger partial charge in [0.25, 0.3) is 5.56 Å². The van der Waals surface area contributed by atoms with Gasteiger partial charge in [0.1, 0.15) is 12.4 Å². The summed E-state index contributed by atoms with van der Waals surface area (Å²) in [7, 11) is 3.10. The summed E-state index contributed by atoms with van der Waals surface area (Å²) < 4.78 is 27.0. The lowest BCUT2D eigenvalue weighted by Gasteiger charge is -2.26. The van der Waals surface area contributed by atoms with Crippen molar-refractivity contribution in [1.29, 1.82) is 0 Å². The zero-order chi connectivity index (χ0) is 33.8. The molecule has 6 rings (SSSR count). The standard InChI is InChI=1S/C37H30I2N2O6S/c1-4-46-36(43)31-32(23-13-9-6-10-14-23)40-37-41(33(31)24-15-16-28(44-2)29(18-24)45-3)35(42)30(48-37)19-25-17-26(38)20-27(39)34(25)47-21-22-11-7-5-8-12-22/h5-20,33H,4,21H2,1-3H3/b30-19-/t33-/m1/s1. The average molecular weight is 885 g/mol. The largest absolute Gasteiger partial charge is 0.493 e. The number of thiazole rings is 1. The van der Waals surface area contributed by atoms with Crippen molar-refractivity contribution in [3.63, 3.8) is 0 Å². The Bertz CT molecular complexity index is 2200. The maximum absolute atomic E-state index is 14.5. The number of esters is 1. The number of carbonyl (C=O) groups is 1. The molecule has 1 aliphatic rings. The Morgan fingerprint density at radius 2 is 1.65 bits per heavy atom. The van der Waals surface area contributed by atoms with Gasteiger partial charge in [-0.05, 0) is 93.6 Å². The third-order valence-electron chi connectivity index (χ3n) is 7.65. The molecule has 0 N–H and O–H groups in total. The lowest BCUT2D eigenvalue weighted by Crippen LogP contribution is -2.40. The number of methoxy groups -OCH3 is 2. The van der Waals surface area contributed by atoms with Crippen LogP contribution in [0.1, 0.15) is 35.2 Å². The molecule has 48 heavy (non-hydrogen) atoms. The van der Waals surface area contributed by atoms with Crippen LogP contribution in [0.2, 0.25) is 0 Å². The molecule has 0 amide bonds. The van der Waals surface area contributed by atoms with Crippen LogP contribution in [-0.2, 0) is 16.1 Å². The molecule has 1 atom stereocenters. The van der Waals surface area contributed by atoms with Crippen LogP contribution in [-0.4, -0.2) is 31.4 Å². The van der Waals surface area contributed by atoms with E-state index in [2.05, 4.69) is 45.2 Å². The van der Waals surface area contributed by atoms with Crippen molar-refractivity contribution in [2.45, 2.75) is 19.6 Å². The number of halogens is 2. The Morgan fingerprint density at radius 3 is 2.33 bits per heavy atom. The van der Waals surface area contributed by atoms with E-state index in [-0.39, 0.29) is 17.7 Å². The summed E-state index contributed by atoms with van der Waals surface area (Å²) in [6.45, 7) is 2.29. The summed E-state index contributed by atoms with van der Waals surface area (Å²) in [5.74, 6) is 1.11. The number of ether oxygens (including phenoxy) is 4. The molecular weight excluding hydrogens is 854 g/mol. The minimum absolute atomic E-state index is 0.157. The highest BCUT2D eigenvalue weighted by atomic mass is 127. The number of fused-ring (bicyclic) bond motifs is 1.